The van der Waals surface area contributed by atoms with Crippen LogP contribution in [0.5, 0.6) is 0 Å². The highest BCUT2D eigenvalue weighted by Crippen LogP contribution is 2.29. The second kappa shape index (κ2) is 12.7. The van der Waals surface area contributed by atoms with Gasteiger partial charge in [-0.2, -0.15) is 5.10 Å². The van der Waals surface area contributed by atoms with Gasteiger partial charge in [0.1, 0.15) is 0 Å². The van der Waals surface area contributed by atoms with Crippen molar-refractivity contribution in [3.8, 4) is 5.69 Å². The van der Waals surface area contributed by atoms with Crippen LogP contribution in [0.25, 0.3) is 16.5 Å². The van der Waals surface area contributed by atoms with E-state index in [1.165, 1.54) is 22.4 Å². The maximum atomic E-state index is 14.2. The fourth-order valence-electron chi connectivity index (χ4n) is 5.41. The molecule has 1 aliphatic heterocycles. The fraction of sp³-hybridized carbons (Fsp3) is 0.176. The van der Waals surface area contributed by atoms with Crippen LogP contribution in [0.4, 0.5) is 0 Å². The van der Waals surface area contributed by atoms with Gasteiger partial charge in [-0.05, 0) is 72.5 Å². The molecule has 0 saturated heterocycles. The first-order chi connectivity index (χ1) is 21.7. The van der Waals surface area contributed by atoms with Gasteiger partial charge >= 0.3 is 5.97 Å². The van der Waals surface area contributed by atoms with E-state index in [0.717, 1.165) is 16.3 Å². The van der Waals surface area contributed by atoms with Gasteiger partial charge < -0.3 is 9.64 Å². The normalized spacial score (nSPS) is 13.3. The van der Waals surface area contributed by atoms with Crippen molar-refractivity contribution in [3.63, 3.8) is 0 Å². The molecule has 11 heteroatoms. The number of esters is 1. The van der Waals surface area contributed by atoms with E-state index in [1.807, 2.05) is 48.5 Å². The Bertz CT molecular complexity index is 2010. The first kappa shape index (κ1) is 30.2. The molecule has 4 aromatic carbocycles. The predicted molar refractivity (Wildman–Crippen MR) is 172 cm³/mol. The van der Waals surface area contributed by atoms with Crippen LogP contribution in [0.15, 0.2) is 89.8 Å². The van der Waals surface area contributed by atoms with Gasteiger partial charge in [0, 0.05) is 18.7 Å². The maximum Gasteiger partial charge on any atom is 0.360 e. The van der Waals surface area contributed by atoms with Crippen molar-refractivity contribution < 1.29 is 23.3 Å². The highest BCUT2D eigenvalue weighted by molar-refractivity contribution is 7.83. The number of hydrogen-bond donors (Lipinski definition) is 1. The van der Waals surface area contributed by atoms with E-state index < -0.39 is 22.9 Å². The van der Waals surface area contributed by atoms with E-state index in [1.54, 1.807) is 36.9 Å². The molecule has 228 valence electrons. The van der Waals surface area contributed by atoms with Crippen molar-refractivity contribution >= 4 is 51.1 Å². The van der Waals surface area contributed by atoms with Crippen LogP contribution in [-0.2, 0) is 28.7 Å². The lowest BCUT2D eigenvalue weighted by Crippen LogP contribution is -2.36. The third-order valence-electron chi connectivity index (χ3n) is 7.77. The minimum absolute atomic E-state index is 0.0751. The monoisotopic (exact) mass is 640 g/mol. The molecule has 0 fully saturated rings. The Morgan fingerprint density at radius 3 is 2.47 bits per heavy atom. The summed E-state index contributed by atoms with van der Waals surface area (Å²) in [5.41, 5.74) is 3.22. The average molecular weight is 641 g/mol. The van der Waals surface area contributed by atoms with Crippen LogP contribution in [0.1, 0.15) is 54.9 Å². The molecular formula is C34H29ClN4O5S. The number of nitrogens with zero attached hydrogens (tertiary/aromatic N) is 3. The van der Waals surface area contributed by atoms with Gasteiger partial charge in [-0.15, -0.1) is 0 Å². The molecule has 45 heavy (non-hydrogen) atoms. The van der Waals surface area contributed by atoms with E-state index in [4.69, 9.17) is 16.3 Å². The summed E-state index contributed by atoms with van der Waals surface area (Å²) in [5, 5.41) is 6.39. The number of fused-ring (bicyclic) bond motifs is 2. The number of benzene rings is 4. The van der Waals surface area contributed by atoms with E-state index in [2.05, 4.69) is 15.9 Å². The predicted octanol–water partition coefficient (Wildman–Crippen LogP) is 5.82. The molecule has 2 amide bonds. The van der Waals surface area contributed by atoms with Gasteiger partial charge in [-0.1, -0.05) is 66.2 Å². The molecule has 0 saturated carbocycles. The van der Waals surface area contributed by atoms with Gasteiger partial charge in [-0.3, -0.25) is 14.3 Å². The summed E-state index contributed by atoms with van der Waals surface area (Å²) in [5.74, 6) is -1.63. The Morgan fingerprint density at radius 2 is 1.69 bits per heavy atom. The zero-order chi connectivity index (χ0) is 31.7. The third-order valence-corrected chi connectivity index (χ3v) is 9.27. The molecule has 0 spiro atoms. The van der Waals surface area contributed by atoms with Gasteiger partial charge in [0.25, 0.3) is 11.8 Å². The molecule has 1 aliphatic rings. The van der Waals surface area contributed by atoms with Gasteiger partial charge in [0.2, 0.25) is 0 Å². The average Bonchev–Trinajstić information content (AvgIpc) is 3.37. The standard InChI is InChI=1S/C34H29ClN4O5S/c1-3-44-34(42)31-30(35)21(2)39(36-31)29-15-13-25(19-28(29)33(41)38-17-16-23-9-5-7-11-26(23)20-38)32(40)37-45(43)27-14-12-22-8-4-6-10-24(22)18-27/h4-15,18-19H,3,16-17,20H2,1-2H3,(H,37,40). The van der Waals surface area contributed by atoms with Crippen molar-refractivity contribution in [2.45, 2.75) is 31.7 Å². The summed E-state index contributed by atoms with van der Waals surface area (Å²) < 4.78 is 22.3. The Labute approximate surface area is 267 Å². The number of hydrogen-bond acceptors (Lipinski definition) is 6. The number of amides is 2. The van der Waals surface area contributed by atoms with Crippen LogP contribution in [0.2, 0.25) is 5.02 Å². The minimum atomic E-state index is -1.85. The summed E-state index contributed by atoms with van der Waals surface area (Å²) in [7, 11) is -1.85. The molecular weight excluding hydrogens is 612 g/mol. The molecule has 1 unspecified atom stereocenters. The van der Waals surface area contributed by atoms with Gasteiger partial charge in [0.15, 0.2) is 16.7 Å². The Balaban J connectivity index is 1.36. The lowest BCUT2D eigenvalue weighted by atomic mass is 9.98. The summed E-state index contributed by atoms with van der Waals surface area (Å²) in [4.78, 5) is 42.3. The van der Waals surface area contributed by atoms with Crippen LogP contribution in [-0.4, -0.2) is 49.8 Å². The molecule has 1 atom stereocenters. The number of carbonyl (C=O) groups is 3. The summed E-state index contributed by atoms with van der Waals surface area (Å²) in [6, 6.07) is 25.5. The molecule has 0 bridgehead atoms. The second-order valence-electron chi connectivity index (χ2n) is 10.6. The Hall–Kier alpha value is -4.80. The third kappa shape index (κ3) is 5.99. The number of carbonyl (C=O) groups excluding carboxylic acids is 3. The van der Waals surface area contributed by atoms with Crippen LogP contribution in [0, 0.1) is 6.92 Å². The quantitative estimate of drug-likeness (QED) is 0.225. The summed E-state index contributed by atoms with van der Waals surface area (Å²) in [6.45, 7) is 4.37. The largest absolute Gasteiger partial charge is 0.461 e. The topological polar surface area (TPSA) is 111 Å². The van der Waals surface area contributed by atoms with E-state index in [-0.39, 0.29) is 34.4 Å². The Kier molecular flexibility index (Phi) is 8.51. The van der Waals surface area contributed by atoms with Crippen molar-refractivity contribution in [3.05, 3.63) is 124 Å². The SMILES string of the molecule is CCOC(=O)c1nn(-c2ccc(C(=O)NS(=O)c3ccc4ccccc4c3)cc2C(=O)N2CCc3ccccc3C2)c(C)c1Cl. The molecule has 9 nitrogen and oxygen atoms in total. The van der Waals surface area contributed by atoms with Gasteiger partial charge in [-0.25, -0.2) is 13.7 Å². The second-order valence-corrected chi connectivity index (χ2v) is 12.2. The van der Waals surface area contributed by atoms with Crippen LogP contribution < -0.4 is 4.72 Å². The number of halogens is 1. The molecule has 6 rings (SSSR count). The Morgan fingerprint density at radius 1 is 0.956 bits per heavy atom. The molecule has 0 aliphatic carbocycles. The molecule has 2 heterocycles. The van der Waals surface area contributed by atoms with E-state index >= 15 is 0 Å². The number of ether oxygens (including phenoxy) is 1. The molecule has 1 aromatic heterocycles. The van der Waals surface area contributed by atoms with Crippen molar-refractivity contribution in [2.24, 2.45) is 0 Å². The van der Waals surface area contributed by atoms with Crippen molar-refractivity contribution in [2.75, 3.05) is 13.2 Å². The zero-order valence-corrected chi connectivity index (χ0v) is 26.2. The molecule has 5 aromatic rings. The first-order valence-corrected chi connectivity index (χ1v) is 15.9. The fourth-order valence-corrected chi connectivity index (χ4v) is 6.43. The van der Waals surface area contributed by atoms with E-state index in [0.29, 0.717) is 35.8 Å². The highest BCUT2D eigenvalue weighted by Gasteiger charge is 2.28. The van der Waals surface area contributed by atoms with Crippen LogP contribution in [0.3, 0.4) is 0 Å². The van der Waals surface area contributed by atoms with E-state index in [9.17, 15) is 18.6 Å². The van der Waals surface area contributed by atoms with Crippen molar-refractivity contribution in [1.82, 2.24) is 19.4 Å². The molecule has 1 N–H and O–H groups in total. The number of rotatable bonds is 7. The van der Waals surface area contributed by atoms with Crippen molar-refractivity contribution in [1.29, 1.82) is 0 Å². The highest BCUT2D eigenvalue weighted by atomic mass is 35.5. The minimum Gasteiger partial charge on any atom is -0.461 e. The maximum absolute atomic E-state index is 14.2. The number of aromatic nitrogens is 2. The lowest BCUT2D eigenvalue weighted by molar-refractivity contribution is 0.0518. The summed E-state index contributed by atoms with van der Waals surface area (Å²) in [6.07, 6.45) is 0.682. The summed E-state index contributed by atoms with van der Waals surface area (Å²) >= 11 is 6.49. The first-order valence-electron chi connectivity index (χ1n) is 14.4. The lowest BCUT2D eigenvalue weighted by Gasteiger charge is -2.29. The molecule has 0 radical (unpaired) electrons. The number of nitrogens with one attached hydrogen (secondary N) is 1. The van der Waals surface area contributed by atoms with Crippen LogP contribution >= 0.6 is 11.6 Å². The van der Waals surface area contributed by atoms with Gasteiger partial charge in [0.05, 0.1) is 33.5 Å². The zero-order valence-electron chi connectivity index (χ0n) is 24.6. The smallest absolute Gasteiger partial charge is 0.360 e.